The summed E-state index contributed by atoms with van der Waals surface area (Å²) in [5.41, 5.74) is 0. The molecule has 0 spiro atoms. The van der Waals surface area contributed by atoms with Gasteiger partial charge in [-0.2, -0.15) is 0 Å². The number of fused-ring (bicyclic) bond motifs is 2. The number of piperidine rings is 1. The lowest BCUT2D eigenvalue weighted by Crippen LogP contribution is -2.50. The van der Waals surface area contributed by atoms with E-state index >= 15 is 0 Å². The Bertz CT molecular complexity index is 379. The summed E-state index contributed by atoms with van der Waals surface area (Å²) in [6, 6.07) is 0. The second-order valence-electron chi connectivity index (χ2n) is 8.29. The van der Waals surface area contributed by atoms with Crippen LogP contribution in [-0.2, 0) is 4.79 Å². The van der Waals surface area contributed by atoms with Gasteiger partial charge in [0.25, 0.3) is 0 Å². The van der Waals surface area contributed by atoms with E-state index in [9.17, 15) is 4.79 Å². The van der Waals surface area contributed by atoms with Gasteiger partial charge in [0, 0.05) is 19.0 Å². The quantitative estimate of drug-likeness (QED) is 0.714. The van der Waals surface area contributed by atoms with E-state index in [1.54, 1.807) is 0 Å². The highest BCUT2D eigenvalue weighted by molar-refractivity contribution is 5.79. The standard InChI is InChI=1S/C18H29NO/c1-12-4-6-19(7-5-12)18(20)17-11-14-8-13-2-3-16(17)15(9-13)10-14/h12-17H,2-11H2,1H3. The van der Waals surface area contributed by atoms with Crippen LogP contribution in [0.25, 0.3) is 0 Å². The minimum absolute atomic E-state index is 0.397. The lowest BCUT2D eigenvalue weighted by atomic mass is 9.54. The first-order valence-electron chi connectivity index (χ1n) is 8.99. The molecule has 0 aromatic carbocycles. The molecule has 1 amide bonds. The summed E-state index contributed by atoms with van der Waals surface area (Å²) in [5.74, 6) is 5.30. The van der Waals surface area contributed by atoms with Crippen molar-refractivity contribution >= 4 is 5.91 Å². The molecular formula is C18H29NO. The summed E-state index contributed by atoms with van der Waals surface area (Å²) >= 11 is 0. The summed E-state index contributed by atoms with van der Waals surface area (Å²) in [6.07, 6.45) is 10.8. The molecule has 0 aromatic heterocycles. The van der Waals surface area contributed by atoms with E-state index in [0.717, 1.165) is 42.7 Å². The van der Waals surface area contributed by atoms with Crippen molar-refractivity contribution in [2.24, 2.45) is 35.5 Å². The highest BCUT2D eigenvalue weighted by Crippen LogP contribution is 2.54. The third kappa shape index (κ3) is 2.19. The molecule has 1 saturated heterocycles. The topological polar surface area (TPSA) is 20.3 Å². The van der Waals surface area contributed by atoms with E-state index in [2.05, 4.69) is 11.8 Å². The lowest BCUT2D eigenvalue weighted by molar-refractivity contribution is -0.145. The smallest absolute Gasteiger partial charge is 0.225 e. The lowest BCUT2D eigenvalue weighted by Gasteiger charge is -2.52. The number of likely N-dealkylation sites (tertiary alicyclic amines) is 1. The highest BCUT2D eigenvalue weighted by atomic mass is 16.2. The number of hydrogen-bond acceptors (Lipinski definition) is 1. The average molecular weight is 275 g/mol. The maximum atomic E-state index is 13.0. The molecule has 2 heteroatoms. The van der Waals surface area contributed by atoms with Crippen LogP contribution in [0.15, 0.2) is 0 Å². The third-order valence-corrected chi connectivity index (χ3v) is 6.97. The van der Waals surface area contributed by atoms with Crippen LogP contribution < -0.4 is 0 Å². The normalized spacial score (nSPS) is 44.6. The predicted molar refractivity (Wildman–Crippen MR) is 80.1 cm³/mol. The number of carbonyl (C=O) groups excluding carboxylic acids is 1. The predicted octanol–water partition coefficient (Wildman–Crippen LogP) is 3.71. The van der Waals surface area contributed by atoms with E-state index in [1.165, 1.54) is 51.4 Å². The van der Waals surface area contributed by atoms with Crippen LogP contribution >= 0.6 is 0 Å². The SMILES string of the molecule is CC1CCN(C(=O)C2CC3CC4CCC2C(C4)C3)CC1. The molecule has 5 unspecified atom stereocenters. The zero-order chi connectivity index (χ0) is 13.7. The van der Waals surface area contributed by atoms with Crippen LogP contribution in [0.2, 0.25) is 0 Å². The second kappa shape index (κ2) is 5.03. The zero-order valence-electron chi connectivity index (χ0n) is 12.9. The van der Waals surface area contributed by atoms with Crippen molar-refractivity contribution in [3.63, 3.8) is 0 Å². The first-order valence-corrected chi connectivity index (χ1v) is 8.99. The third-order valence-electron chi connectivity index (χ3n) is 6.97. The molecule has 112 valence electrons. The van der Waals surface area contributed by atoms with E-state index < -0.39 is 0 Å². The summed E-state index contributed by atoms with van der Waals surface area (Å²) in [4.78, 5) is 15.2. The molecule has 4 fully saturated rings. The van der Waals surface area contributed by atoms with Gasteiger partial charge in [0.1, 0.15) is 0 Å². The number of carbonyl (C=O) groups is 1. The van der Waals surface area contributed by atoms with E-state index in [-0.39, 0.29) is 0 Å². The van der Waals surface area contributed by atoms with Gasteiger partial charge in [-0.1, -0.05) is 13.3 Å². The van der Waals surface area contributed by atoms with Crippen molar-refractivity contribution in [3.05, 3.63) is 0 Å². The van der Waals surface area contributed by atoms with Gasteiger partial charge in [-0.05, 0) is 74.5 Å². The van der Waals surface area contributed by atoms with Crippen LogP contribution in [0, 0.1) is 35.5 Å². The summed E-state index contributed by atoms with van der Waals surface area (Å²) in [6.45, 7) is 4.39. The fourth-order valence-electron chi connectivity index (χ4n) is 5.87. The van der Waals surface area contributed by atoms with Gasteiger partial charge < -0.3 is 4.90 Å². The van der Waals surface area contributed by atoms with Crippen molar-refractivity contribution in [2.45, 2.75) is 58.3 Å². The van der Waals surface area contributed by atoms with Crippen LogP contribution in [0.5, 0.6) is 0 Å². The molecule has 0 radical (unpaired) electrons. The number of amides is 1. The molecule has 3 bridgehead atoms. The second-order valence-corrected chi connectivity index (χ2v) is 8.29. The zero-order valence-corrected chi connectivity index (χ0v) is 12.9. The van der Waals surface area contributed by atoms with Crippen LogP contribution in [0.3, 0.4) is 0 Å². The Hall–Kier alpha value is -0.530. The summed E-state index contributed by atoms with van der Waals surface area (Å²) in [5, 5.41) is 0. The Labute approximate surface area is 123 Å². The van der Waals surface area contributed by atoms with Crippen molar-refractivity contribution in [1.29, 1.82) is 0 Å². The van der Waals surface area contributed by atoms with Crippen LogP contribution in [0.4, 0.5) is 0 Å². The molecular weight excluding hydrogens is 246 g/mol. The molecule has 3 saturated carbocycles. The van der Waals surface area contributed by atoms with Crippen molar-refractivity contribution in [3.8, 4) is 0 Å². The average Bonchev–Trinajstić information content (AvgIpc) is 2.44. The largest absolute Gasteiger partial charge is 0.342 e. The van der Waals surface area contributed by atoms with Gasteiger partial charge in [0.2, 0.25) is 5.91 Å². The number of rotatable bonds is 1. The molecule has 5 atom stereocenters. The van der Waals surface area contributed by atoms with Gasteiger partial charge in [-0.3, -0.25) is 4.79 Å². The van der Waals surface area contributed by atoms with Crippen LogP contribution in [0.1, 0.15) is 58.3 Å². The Morgan fingerprint density at radius 1 is 0.900 bits per heavy atom. The minimum atomic E-state index is 0.397. The van der Waals surface area contributed by atoms with Gasteiger partial charge in [-0.25, -0.2) is 0 Å². The molecule has 3 aliphatic carbocycles. The van der Waals surface area contributed by atoms with Gasteiger partial charge in [-0.15, -0.1) is 0 Å². The molecule has 2 nitrogen and oxygen atoms in total. The molecule has 4 rings (SSSR count). The summed E-state index contributed by atoms with van der Waals surface area (Å²) in [7, 11) is 0. The molecule has 1 heterocycles. The van der Waals surface area contributed by atoms with Crippen molar-refractivity contribution in [1.82, 2.24) is 4.90 Å². The number of hydrogen-bond donors (Lipinski definition) is 0. The monoisotopic (exact) mass is 275 g/mol. The highest BCUT2D eigenvalue weighted by Gasteiger charge is 2.48. The Morgan fingerprint density at radius 3 is 2.45 bits per heavy atom. The van der Waals surface area contributed by atoms with E-state index in [4.69, 9.17) is 0 Å². The van der Waals surface area contributed by atoms with Crippen LogP contribution in [-0.4, -0.2) is 23.9 Å². The van der Waals surface area contributed by atoms with Gasteiger partial charge >= 0.3 is 0 Å². The van der Waals surface area contributed by atoms with E-state index in [0.29, 0.717) is 11.8 Å². The molecule has 20 heavy (non-hydrogen) atoms. The Kier molecular flexibility index (Phi) is 3.31. The van der Waals surface area contributed by atoms with Gasteiger partial charge in [0.05, 0.1) is 0 Å². The summed E-state index contributed by atoms with van der Waals surface area (Å²) < 4.78 is 0. The Morgan fingerprint density at radius 2 is 1.65 bits per heavy atom. The first kappa shape index (κ1) is 13.2. The molecule has 4 aliphatic rings. The minimum Gasteiger partial charge on any atom is -0.342 e. The fraction of sp³-hybridized carbons (Fsp3) is 0.944. The molecule has 1 aliphatic heterocycles. The number of nitrogens with zero attached hydrogens (tertiary/aromatic N) is 1. The first-order chi connectivity index (χ1) is 9.70. The van der Waals surface area contributed by atoms with Crippen molar-refractivity contribution in [2.75, 3.05) is 13.1 Å². The molecule has 0 aromatic rings. The maximum absolute atomic E-state index is 13.0. The van der Waals surface area contributed by atoms with E-state index in [1.807, 2.05) is 0 Å². The fourth-order valence-corrected chi connectivity index (χ4v) is 5.87. The van der Waals surface area contributed by atoms with Crippen molar-refractivity contribution < 1.29 is 4.79 Å². The molecule has 0 N–H and O–H groups in total. The Balaban J connectivity index is 1.48. The maximum Gasteiger partial charge on any atom is 0.225 e. The van der Waals surface area contributed by atoms with Gasteiger partial charge in [0.15, 0.2) is 0 Å².